The second-order valence-electron chi connectivity index (χ2n) is 5.53. The van der Waals surface area contributed by atoms with Gasteiger partial charge in [-0.3, -0.25) is 0 Å². The minimum atomic E-state index is -0.0357. The van der Waals surface area contributed by atoms with E-state index < -0.39 is 0 Å². The number of hydrogen-bond acceptors (Lipinski definition) is 4. The minimum Gasteiger partial charge on any atom is -0.372 e. The largest absolute Gasteiger partial charge is 0.372 e. The molecule has 2 heterocycles. The second-order valence-corrected chi connectivity index (χ2v) is 7.06. The van der Waals surface area contributed by atoms with E-state index in [1.807, 2.05) is 7.05 Å². The number of anilines is 1. The molecule has 5 heteroatoms. The van der Waals surface area contributed by atoms with Crippen LogP contribution in [0.5, 0.6) is 0 Å². The summed E-state index contributed by atoms with van der Waals surface area (Å²) in [5.74, 6) is 1.62. The highest BCUT2D eigenvalue weighted by atomic mass is 79.9. The Hall–Kier alpha value is -0.940. The molecule has 3 nitrogen and oxygen atoms in total. The van der Waals surface area contributed by atoms with E-state index in [4.69, 9.17) is 4.98 Å². The molecule has 0 bridgehead atoms. The second kappa shape index (κ2) is 5.21. The van der Waals surface area contributed by atoms with Gasteiger partial charge in [0.05, 0.1) is 10.2 Å². The number of nitrogens with one attached hydrogen (secondary N) is 1. The monoisotopic (exact) mass is 339 g/mol. The zero-order valence-corrected chi connectivity index (χ0v) is 14.2. The highest BCUT2D eigenvalue weighted by Crippen LogP contribution is 2.35. The lowest BCUT2D eigenvalue weighted by Crippen LogP contribution is -2.17. The average molecular weight is 340 g/mol. The summed E-state index contributed by atoms with van der Waals surface area (Å²) >= 11 is 5.29. The van der Waals surface area contributed by atoms with Crippen molar-refractivity contribution in [1.29, 1.82) is 0 Å². The van der Waals surface area contributed by atoms with Crippen LogP contribution in [-0.4, -0.2) is 17.0 Å². The summed E-state index contributed by atoms with van der Waals surface area (Å²) in [7, 11) is 1.88. The summed E-state index contributed by atoms with van der Waals surface area (Å²) in [5.41, 5.74) is 3.31. The Kier molecular flexibility index (Phi) is 3.97. The molecule has 0 spiro atoms. The van der Waals surface area contributed by atoms with Crippen molar-refractivity contribution in [2.75, 3.05) is 12.4 Å². The third kappa shape index (κ3) is 2.82. The molecule has 0 amide bonds. The first-order valence-corrected chi connectivity index (χ1v) is 7.87. The zero-order valence-electron chi connectivity index (χ0n) is 11.8. The van der Waals surface area contributed by atoms with Gasteiger partial charge in [-0.25, -0.2) is 9.97 Å². The molecule has 2 rings (SSSR count). The molecule has 0 aliphatic rings. The summed E-state index contributed by atoms with van der Waals surface area (Å²) in [4.78, 5) is 9.37. The van der Waals surface area contributed by atoms with E-state index in [0.717, 1.165) is 27.4 Å². The Balaban J connectivity index is 2.68. The Bertz CT molecular complexity index is 599. The van der Waals surface area contributed by atoms with Gasteiger partial charge in [-0.15, -0.1) is 0 Å². The highest BCUT2D eigenvalue weighted by molar-refractivity contribution is 9.10. The van der Waals surface area contributed by atoms with Crippen LogP contribution in [0.1, 0.15) is 32.0 Å². The van der Waals surface area contributed by atoms with Crippen molar-refractivity contribution in [2.24, 2.45) is 0 Å². The van der Waals surface area contributed by atoms with Gasteiger partial charge in [-0.2, -0.15) is 11.3 Å². The Labute approximate surface area is 126 Å². The fraction of sp³-hybridized carbons (Fsp3) is 0.429. The van der Waals surface area contributed by atoms with Crippen LogP contribution in [-0.2, 0) is 5.41 Å². The van der Waals surface area contributed by atoms with Gasteiger partial charge in [0.15, 0.2) is 5.82 Å². The third-order valence-electron chi connectivity index (χ3n) is 2.89. The summed E-state index contributed by atoms with van der Waals surface area (Å²) in [6.45, 7) is 8.56. The molecular formula is C14H18BrN3S. The molecule has 0 aliphatic carbocycles. The van der Waals surface area contributed by atoms with Crippen molar-refractivity contribution < 1.29 is 0 Å². The van der Waals surface area contributed by atoms with E-state index in [9.17, 15) is 0 Å². The van der Waals surface area contributed by atoms with E-state index in [0.29, 0.717) is 0 Å². The Morgan fingerprint density at radius 2 is 1.89 bits per heavy atom. The number of halogens is 1. The van der Waals surface area contributed by atoms with Crippen LogP contribution in [0.15, 0.2) is 15.2 Å². The zero-order chi connectivity index (χ0) is 14.2. The summed E-state index contributed by atoms with van der Waals surface area (Å²) in [6.07, 6.45) is 0. The first-order valence-electron chi connectivity index (χ1n) is 6.13. The van der Waals surface area contributed by atoms with E-state index in [2.05, 4.69) is 64.7 Å². The smallest absolute Gasteiger partial charge is 0.162 e. The molecule has 0 aromatic carbocycles. The molecule has 2 aromatic rings. The van der Waals surface area contributed by atoms with Gasteiger partial charge >= 0.3 is 0 Å². The summed E-state index contributed by atoms with van der Waals surface area (Å²) in [5, 5.41) is 7.36. The number of thiophene rings is 1. The molecule has 0 unspecified atom stereocenters. The molecule has 19 heavy (non-hydrogen) atoms. The molecular weight excluding hydrogens is 322 g/mol. The predicted octanol–water partition coefficient (Wildman–Crippen LogP) is 4.62. The van der Waals surface area contributed by atoms with Gasteiger partial charge in [0.2, 0.25) is 0 Å². The summed E-state index contributed by atoms with van der Waals surface area (Å²) in [6, 6.07) is 0. The Morgan fingerprint density at radius 1 is 1.21 bits per heavy atom. The van der Waals surface area contributed by atoms with Crippen LogP contribution in [0.4, 0.5) is 5.82 Å². The molecule has 2 aromatic heterocycles. The average Bonchev–Trinajstić information content (AvgIpc) is 2.74. The Morgan fingerprint density at radius 3 is 2.37 bits per heavy atom. The first kappa shape index (κ1) is 14.5. The van der Waals surface area contributed by atoms with Crippen LogP contribution < -0.4 is 5.32 Å². The molecule has 0 atom stereocenters. The van der Waals surface area contributed by atoms with Gasteiger partial charge in [-0.05, 0) is 33.8 Å². The first-order chi connectivity index (χ1) is 8.84. The highest BCUT2D eigenvalue weighted by Gasteiger charge is 2.23. The summed E-state index contributed by atoms with van der Waals surface area (Å²) < 4.78 is 0.944. The van der Waals surface area contributed by atoms with E-state index in [1.165, 1.54) is 5.56 Å². The van der Waals surface area contributed by atoms with E-state index >= 15 is 0 Å². The topological polar surface area (TPSA) is 37.8 Å². The van der Waals surface area contributed by atoms with Gasteiger partial charge in [0, 0.05) is 23.4 Å². The minimum absolute atomic E-state index is 0.0357. The molecule has 0 fully saturated rings. The van der Waals surface area contributed by atoms with E-state index in [1.54, 1.807) is 11.3 Å². The van der Waals surface area contributed by atoms with Crippen LogP contribution >= 0.6 is 27.3 Å². The van der Waals surface area contributed by atoms with Crippen molar-refractivity contribution in [3.63, 3.8) is 0 Å². The fourth-order valence-corrected chi connectivity index (χ4v) is 3.62. The molecule has 1 N–H and O–H groups in total. The molecule has 0 aliphatic heterocycles. The number of rotatable bonds is 2. The molecule has 0 saturated heterocycles. The lowest BCUT2D eigenvalue weighted by atomic mass is 9.91. The van der Waals surface area contributed by atoms with E-state index in [-0.39, 0.29) is 5.41 Å². The lowest BCUT2D eigenvalue weighted by Gasteiger charge is -2.21. The number of hydrogen-bond donors (Lipinski definition) is 1. The lowest BCUT2D eigenvalue weighted by molar-refractivity contribution is 0.564. The van der Waals surface area contributed by atoms with Crippen molar-refractivity contribution in [3.8, 4) is 11.4 Å². The van der Waals surface area contributed by atoms with Gasteiger partial charge in [0.1, 0.15) is 5.82 Å². The number of aryl methyl sites for hydroxylation is 1. The number of aromatic nitrogens is 2. The molecule has 102 valence electrons. The normalized spacial score (nSPS) is 11.7. The van der Waals surface area contributed by atoms with Crippen molar-refractivity contribution in [2.45, 2.75) is 33.1 Å². The quantitative estimate of drug-likeness (QED) is 0.867. The maximum absolute atomic E-state index is 4.76. The molecule has 0 radical (unpaired) electrons. The third-order valence-corrected chi connectivity index (χ3v) is 4.51. The molecule has 0 saturated carbocycles. The predicted molar refractivity (Wildman–Crippen MR) is 86.0 cm³/mol. The standard InChI is InChI=1S/C14H18BrN3S/c1-8-6-19-7-9(8)12-17-11(14(2,3)4)10(15)13(16-5)18-12/h6-7H,1-5H3,(H,16,17,18). The van der Waals surface area contributed by atoms with Crippen LogP contribution in [0.2, 0.25) is 0 Å². The van der Waals surface area contributed by atoms with Crippen molar-refractivity contribution in [1.82, 2.24) is 9.97 Å². The fourth-order valence-electron chi connectivity index (χ4n) is 1.82. The van der Waals surface area contributed by atoms with Crippen LogP contribution in [0.25, 0.3) is 11.4 Å². The van der Waals surface area contributed by atoms with Gasteiger partial charge in [-0.1, -0.05) is 20.8 Å². The van der Waals surface area contributed by atoms with Crippen LogP contribution in [0, 0.1) is 6.92 Å². The number of nitrogens with zero attached hydrogens (tertiary/aromatic N) is 2. The van der Waals surface area contributed by atoms with Crippen molar-refractivity contribution >= 4 is 33.1 Å². The van der Waals surface area contributed by atoms with Crippen molar-refractivity contribution in [3.05, 3.63) is 26.5 Å². The van der Waals surface area contributed by atoms with Crippen LogP contribution in [0.3, 0.4) is 0 Å². The maximum atomic E-state index is 4.76. The SMILES string of the molecule is CNc1nc(-c2cscc2C)nc(C(C)(C)C)c1Br. The maximum Gasteiger partial charge on any atom is 0.162 e. The van der Waals surface area contributed by atoms with Gasteiger partial charge < -0.3 is 5.32 Å². The van der Waals surface area contributed by atoms with Gasteiger partial charge in [0.25, 0.3) is 0 Å².